The van der Waals surface area contributed by atoms with Gasteiger partial charge in [-0.25, -0.2) is 13.6 Å². The van der Waals surface area contributed by atoms with E-state index in [9.17, 15) is 19.1 Å². The number of pyridine rings is 1. The van der Waals surface area contributed by atoms with E-state index in [-0.39, 0.29) is 40.6 Å². The van der Waals surface area contributed by atoms with Gasteiger partial charge in [-0.1, -0.05) is 0 Å². The number of carbonyl (C=O) groups is 1. The molecule has 0 bridgehead atoms. The maximum atomic E-state index is 15.6. The summed E-state index contributed by atoms with van der Waals surface area (Å²) in [5.41, 5.74) is 11.2. The zero-order valence-electron chi connectivity index (χ0n) is 17.9. The van der Waals surface area contributed by atoms with E-state index in [1.165, 1.54) is 4.57 Å². The number of aryl methyl sites for hydroxylation is 1. The summed E-state index contributed by atoms with van der Waals surface area (Å²) >= 11 is 0. The molecule has 0 spiro atoms. The lowest BCUT2D eigenvalue weighted by Gasteiger charge is -2.26. The summed E-state index contributed by atoms with van der Waals surface area (Å²) in [5, 5.41) is 9.24. The molecule has 2 aliphatic carbocycles. The van der Waals surface area contributed by atoms with E-state index in [0.717, 1.165) is 19.0 Å². The monoisotopic (exact) mass is 448 g/mol. The van der Waals surface area contributed by atoms with Crippen LogP contribution in [0.25, 0.3) is 10.9 Å². The van der Waals surface area contributed by atoms with E-state index in [1.54, 1.807) is 14.0 Å². The fourth-order valence-corrected chi connectivity index (χ4v) is 5.27. The number of nitrogens with zero attached hydrogens (tertiary/aromatic N) is 2. The standard InChI is InChI=1S/C22H26F2N4O4/c1-9-18-15(20(29)10(21(30)31)6-28(18)13-5-12(13)23)17(25)16(24)19(9)27-7-11(14(8-27)32-2)22(26)3-4-22/h6,11-14H,3-5,7-8,25-26H2,1-2H3,(H,30,31)/t11-,12?,13?,14?/m0/s1. The number of alkyl halides is 1. The molecule has 4 atom stereocenters. The van der Waals surface area contributed by atoms with Crippen LogP contribution in [0.3, 0.4) is 0 Å². The molecular formula is C22H26F2N4O4. The normalized spacial score (nSPS) is 28.3. The minimum absolute atomic E-state index is 0.0125. The van der Waals surface area contributed by atoms with Crippen LogP contribution in [0.15, 0.2) is 11.0 Å². The number of aromatic carboxylic acids is 1. The molecule has 5 N–H and O–H groups in total. The zero-order chi connectivity index (χ0) is 23.1. The molecule has 5 rings (SSSR count). The molecule has 2 heterocycles. The second-order valence-electron chi connectivity index (χ2n) is 9.35. The van der Waals surface area contributed by atoms with E-state index < -0.39 is 40.7 Å². The molecule has 1 saturated heterocycles. The number of carboxylic acids is 1. The minimum Gasteiger partial charge on any atom is -0.477 e. The Bertz CT molecular complexity index is 1210. The van der Waals surface area contributed by atoms with Crippen molar-refractivity contribution < 1.29 is 23.4 Å². The minimum atomic E-state index is -1.47. The molecule has 3 fully saturated rings. The van der Waals surface area contributed by atoms with E-state index >= 15 is 4.39 Å². The molecule has 3 unspecified atom stereocenters. The number of methoxy groups -OCH3 is 1. The van der Waals surface area contributed by atoms with Gasteiger partial charge < -0.3 is 30.8 Å². The fraction of sp³-hybridized carbons (Fsp3) is 0.545. The second kappa shape index (κ2) is 6.89. The predicted molar refractivity (Wildman–Crippen MR) is 115 cm³/mol. The van der Waals surface area contributed by atoms with E-state index in [4.69, 9.17) is 16.2 Å². The molecule has 8 nitrogen and oxygen atoms in total. The Morgan fingerprint density at radius 3 is 2.53 bits per heavy atom. The molecular weight excluding hydrogens is 422 g/mol. The Kier molecular flexibility index (Phi) is 4.55. The fourth-order valence-electron chi connectivity index (χ4n) is 5.27. The molecule has 1 aromatic heterocycles. The number of benzene rings is 1. The number of ether oxygens (including phenoxy) is 1. The second-order valence-corrected chi connectivity index (χ2v) is 9.35. The molecule has 32 heavy (non-hydrogen) atoms. The summed E-state index contributed by atoms with van der Waals surface area (Å²) < 4.78 is 36.8. The molecule has 1 aromatic carbocycles. The lowest BCUT2D eigenvalue weighted by atomic mass is 9.95. The molecule has 2 aromatic rings. The van der Waals surface area contributed by atoms with E-state index in [1.807, 2.05) is 4.90 Å². The molecule has 0 amide bonds. The highest BCUT2D eigenvalue weighted by atomic mass is 19.1. The summed E-state index contributed by atoms with van der Waals surface area (Å²) in [6.45, 7) is 2.51. The third kappa shape index (κ3) is 2.92. The first kappa shape index (κ1) is 21.1. The molecule has 3 aliphatic rings. The van der Waals surface area contributed by atoms with Gasteiger partial charge in [-0.05, 0) is 25.3 Å². The maximum absolute atomic E-state index is 15.6. The Morgan fingerprint density at radius 1 is 1.34 bits per heavy atom. The first-order chi connectivity index (χ1) is 15.1. The lowest BCUT2D eigenvalue weighted by molar-refractivity contribution is 0.0693. The summed E-state index contributed by atoms with van der Waals surface area (Å²) in [6, 6.07) is -0.621. The van der Waals surface area contributed by atoms with Gasteiger partial charge in [0.2, 0.25) is 5.43 Å². The molecule has 2 saturated carbocycles. The van der Waals surface area contributed by atoms with Crippen molar-refractivity contribution in [3.8, 4) is 0 Å². The Hall–Kier alpha value is -2.72. The lowest BCUT2D eigenvalue weighted by Crippen LogP contribution is -2.40. The number of hydrogen-bond acceptors (Lipinski definition) is 6. The van der Waals surface area contributed by atoms with Crippen molar-refractivity contribution in [1.29, 1.82) is 0 Å². The van der Waals surface area contributed by atoms with Gasteiger partial charge in [-0.3, -0.25) is 4.79 Å². The van der Waals surface area contributed by atoms with Crippen LogP contribution in [0.4, 0.5) is 20.2 Å². The average Bonchev–Trinajstić information content (AvgIpc) is 3.62. The number of anilines is 2. The smallest absolute Gasteiger partial charge is 0.341 e. The Morgan fingerprint density at radius 2 is 2.00 bits per heavy atom. The van der Waals surface area contributed by atoms with E-state index in [2.05, 4.69) is 0 Å². The number of halogens is 2. The summed E-state index contributed by atoms with van der Waals surface area (Å²) in [5.74, 6) is -2.24. The van der Waals surface area contributed by atoms with Crippen LogP contribution in [-0.2, 0) is 4.74 Å². The van der Waals surface area contributed by atoms with Crippen molar-refractivity contribution in [1.82, 2.24) is 4.57 Å². The van der Waals surface area contributed by atoms with Gasteiger partial charge in [-0.15, -0.1) is 0 Å². The van der Waals surface area contributed by atoms with Gasteiger partial charge in [-0.2, -0.15) is 0 Å². The van der Waals surface area contributed by atoms with Crippen molar-refractivity contribution in [2.45, 2.75) is 50.0 Å². The average molecular weight is 448 g/mol. The van der Waals surface area contributed by atoms with Crippen LogP contribution in [0.2, 0.25) is 0 Å². The first-order valence-corrected chi connectivity index (χ1v) is 10.7. The zero-order valence-corrected chi connectivity index (χ0v) is 17.9. The highest BCUT2D eigenvalue weighted by Crippen LogP contribution is 2.48. The van der Waals surface area contributed by atoms with Gasteiger partial charge >= 0.3 is 5.97 Å². The van der Waals surface area contributed by atoms with Crippen LogP contribution in [0.5, 0.6) is 0 Å². The van der Waals surface area contributed by atoms with Gasteiger partial charge in [0.15, 0.2) is 5.82 Å². The number of aromatic nitrogens is 1. The van der Waals surface area contributed by atoms with Crippen LogP contribution in [0, 0.1) is 18.7 Å². The quantitative estimate of drug-likeness (QED) is 0.598. The topological polar surface area (TPSA) is 124 Å². The third-order valence-electron chi connectivity index (χ3n) is 7.38. The van der Waals surface area contributed by atoms with E-state index in [0.29, 0.717) is 18.7 Å². The van der Waals surface area contributed by atoms with Crippen molar-refractivity contribution in [2.75, 3.05) is 30.8 Å². The molecule has 1 aliphatic heterocycles. The molecule has 10 heteroatoms. The maximum Gasteiger partial charge on any atom is 0.341 e. The Labute approximate surface area is 182 Å². The number of fused-ring (bicyclic) bond motifs is 1. The molecule has 0 radical (unpaired) electrons. The number of rotatable bonds is 5. The van der Waals surface area contributed by atoms with Gasteiger partial charge in [0, 0.05) is 44.3 Å². The van der Waals surface area contributed by atoms with Crippen molar-refractivity contribution >= 4 is 28.2 Å². The van der Waals surface area contributed by atoms with Crippen molar-refractivity contribution in [3.63, 3.8) is 0 Å². The van der Waals surface area contributed by atoms with Crippen molar-refractivity contribution in [3.05, 3.63) is 33.4 Å². The summed E-state index contributed by atoms with van der Waals surface area (Å²) in [6.07, 6.45) is 1.74. The number of hydrogen-bond donors (Lipinski definition) is 3. The number of nitrogen functional groups attached to an aromatic ring is 1. The first-order valence-electron chi connectivity index (χ1n) is 10.7. The van der Waals surface area contributed by atoms with Gasteiger partial charge in [0.05, 0.1) is 34.4 Å². The van der Waals surface area contributed by atoms with Crippen LogP contribution >= 0.6 is 0 Å². The largest absolute Gasteiger partial charge is 0.477 e. The highest BCUT2D eigenvalue weighted by Gasteiger charge is 2.53. The van der Waals surface area contributed by atoms with Crippen LogP contribution in [0.1, 0.15) is 41.2 Å². The SMILES string of the molecule is COC1CN(c2c(F)c(N)c3c(=O)c(C(=O)O)cn(C4CC4F)c3c2C)C[C@@H]1C1(N)CC1. The van der Waals surface area contributed by atoms with Crippen LogP contribution in [-0.4, -0.2) is 53.7 Å². The Balaban J connectivity index is 1.73. The van der Waals surface area contributed by atoms with Gasteiger partial charge in [0.25, 0.3) is 0 Å². The van der Waals surface area contributed by atoms with Gasteiger partial charge in [0.1, 0.15) is 11.7 Å². The molecule has 172 valence electrons. The van der Waals surface area contributed by atoms with Crippen LogP contribution < -0.4 is 21.8 Å². The number of nitrogens with two attached hydrogens (primary N) is 2. The highest BCUT2D eigenvalue weighted by molar-refractivity contribution is 6.01. The summed E-state index contributed by atoms with van der Waals surface area (Å²) in [4.78, 5) is 26.4. The number of carboxylic acid groups (broad SMARTS) is 1. The predicted octanol–water partition coefficient (Wildman–Crippen LogP) is 1.95. The third-order valence-corrected chi connectivity index (χ3v) is 7.38. The summed E-state index contributed by atoms with van der Waals surface area (Å²) in [7, 11) is 1.60. The van der Waals surface area contributed by atoms with Crippen molar-refractivity contribution in [2.24, 2.45) is 11.7 Å².